The molecule has 0 bridgehead atoms. The lowest BCUT2D eigenvalue weighted by molar-refractivity contribution is -0.143. The summed E-state index contributed by atoms with van der Waals surface area (Å²) in [4.78, 5) is 19.0. The van der Waals surface area contributed by atoms with Gasteiger partial charge in [-0.25, -0.2) is 4.98 Å². The van der Waals surface area contributed by atoms with Gasteiger partial charge in [0.2, 0.25) is 0 Å². The van der Waals surface area contributed by atoms with Crippen molar-refractivity contribution < 1.29 is 14.3 Å². The molecule has 3 aromatic rings. The minimum Gasteiger partial charge on any atom is -0.480 e. The van der Waals surface area contributed by atoms with Gasteiger partial charge in [0.1, 0.15) is 11.3 Å². The molecule has 1 aromatic carbocycles. The van der Waals surface area contributed by atoms with Crippen molar-refractivity contribution in [2.75, 3.05) is 13.6 Å². The van der Waals surface area contributed by atoms with Gasteiger partial charge in [0, 0.05) is 16.8 Å². The molecule has 0 saturated heterocycles. The summed E-state index contributed by atoms with van der Waals surface area (Å²) >= 11 is 1.60. The van der Waals surface area contributed by atoms with Crippen molar-refractivity contribution in [3.63, 3.8) is 0 Å². The van der Waals surface area contributed by atoms with E-state index in [4.69, 9.17) is 4.42 Å². The van der Waals surface area contributed by atoms with Gasteiger partial charge in [-0.1, -0.05) is 18.2 Å². The Morgan fingerprint density at radius 3 is 2.87 bits per heavy atom. The van der Waals surface area contributed by atoms with Gasteiger partial charge >= 0.3 is 5.97 Å². The van der Waals surface area contributed by atoms with E-state index in [1.165, 1.54) is 4.88 Å². The number of nitrogens with zero attached hydrogens (tertiary/aromatic N) is 2. The summed E-state index contributed by atoms with van der Waals surface area (Å²) in [5.74, 6) is -0.449. The molecule has 3 rings (SSSR count). The molecule has 0 aliphatic carbocycles. The molecule has 1 N–H and O–H groups in total. The molecule has 1 unspecified atom stereocenters. The lowest BCUT2D eigenvalue weighted by Gasteiger charge is -2.22. The van der Waals surface area contributed by atoms with Crippen LogP contribution in [0.2, 0.25) is 0 Å². The van der Waals surface area contributed by atoms with E-state index in [0.717, 1.165) is 17.5 Å². The van der Waals surface area contributed by atoms with Gasteiger partial charge in [0.05, 0.1) is 11.2 Å². The molecule has 2 heterocycles. The van der Waals surface area contributed by atoms with Crippen LogP contribution < -0.4 is 0 Å². The highest BCUT2D eigenvalue weighted by Crippen LogP contribution is 2.27. The van der Waals surface area contributed by atoms with Crippen LogP contribution in [0.15, 0.2) is 40.3 Å². The number of para-hydroxylation sites is 1. The maximum absolute atomic E-state index is 11.7. The number of fused-ring (bicyclic) bond motifs is 1. The van der Waals surface area contributed by atoms with Crippen LogP contribution in [-0.4, -0.2) is 34.6 Å². The largest absolute Gasteiger partial charge is 0.480 e. The Kier molecular flexibility index (Phi) is 4.45. The highest BCUT2D eigenvalue weighted by molar-refractivity contribution is 7.09. The molecule has 0 saturated carbocycles. The third kappa shape index (κ3) is 3.28. The summed E-state index contributed by atoms with van der Waals surface area (Å²) in [6, 6.07) is 8.56. The quantitative estimate of drug-likeness (QED) is 0.749. The molecular weight excluding hydrogens is 312 g/mol. The Labute approximate surface area is 138 Å². The number of thiazole rings is 1. The van der Waals surface area contributed by atoms with E-state index in [1.807, 2.05) is 49.8 Å². The summed E-state index contributed by atoms with van der Waals surface area (Å²) < 4.78 is 5.74. The zero-order valence-electron chi connectivity index (χ0n) is 13.0. The lowest BCUT2D eigenvalue weighted by Crippen LogP contribution is -2.32. The van der Waals surface area contributed by atoms with E-state index < -0.39 is 12.0 Å². The van der Waals surface area contributed by atoms with Crippen LogP contribution in [0.25, 0.3) is 11.0 Å². The Morgan fingerprint density at radius 2 is 2.22 bits per heavy atom. The predicted octanol–water partition coefficient (Wildman–Crippen LogP) is 3.50. The van der Waals surface area contributed by atoms with Gasteiger partial charge in [0.25, 0.3) is 0 Å². The third-order valence-electron chi connectivity index (χ3n) is 3.93. The number of aryl methyl sites for hydroxylation is 1. The molecule has 0 spiro atoms. The third-order valence-corrected chi connectivity index (χ3v) is 4.92. The van der Waals surface area contributed by atoms with Gasteiger partial charge in [-0.3, -0.25) is 9.69 Å². The van der Waals surface area contributed by atoms with Crippen molar-refractivity contribution in [2.45, 2.75) is 19.4 Å². The molecule has 23 heavy (non-hydrogen) atoms. The number of aromatic nitrogens is 1. The van der Waals surface area contributed by atoms with E-state index in [1.54, 1.807) is 16.2 Å². The first-order valence-corrected chi connectivity index (χ1v) is 8.24. The minimum absolute atomic E-state index is 0.460. The molecule has 120 valence electrons. The number of carboxylic acids is 1. The summed E-state index contributed by atoms with van der Waals surface area (Å²) in [5, 5.41) is 10.5. The lowest BCUT2D eigenvalue weighted by atomic mass is 10.1. The van der Waals surface area contributed by atoms with E-state index in [2.05, 4.69) is 4.98 Å². The first kappa shape index (κ1) is 15.7. The molecule has 0 aliphatic rings. The molecule has 0 fully saturated rings. The second-order valence-electron chi connectivity index (χ2n) is 5.52. The number of carboxylic acid groups (broad SMARTS) is 1. The van der Waals surface area contributed by atoms with Gasteiger partial charge in [-0.2, -0.15) is 0 Å². The topological polar surface area (TPSA) is 66.6 Å². The van der Waals surface area contributed by atoms with Crippen LogP contribution in [0, 0.1) is 6.92 Å². The van der Waals surface area contributed by atoms with Crippen molar-refractivity contribution in [3.05, 3.63) is 52.2 Å². The van der Waals surface area contributed by atoms with Crippen LogP contribution in [0.5, 0.6) is 0 Å². The number of hydrogen-bond acceptors (Lipinski definition) is 5. The molecular formula is C17H18N2O3S. The maximum atomic E-state index is 11.7. The van der Waals surface area contributed by atoms with Gasteiger partial charge in [-0.05, 0) is 32.5 Å². The Morgan fingerprint density at radius 1 is 1.43 bits per heavy atom. The predicted molar refractivity (Wildman–Crippen MR) is 89.8 cm³/mol. The number of carbonyl (C=O) groups is 1. The van der Waals surface area contributed by atoms with E-state index in [-0.39, 0.29) is 0 Å². The van der Waals surface area contributed by atoms with Crippen LogP contribution in [0.1, 0.15) is 22.4 Å². The van der Waals surface area contributed by atoms with Crippen molar-refractivity contribution in [2.24, 2.45) is 0 Å². The van der Waals surface area contributed by atoms with Crippen LogP contribution in [-0.2, 0) is 11.2 Å². The molecule has 6 heteroatoms. The Balaban J connectivity index is 1.80. The SMILES string of the molecule is Cc1ncsc1CCN(C)C(C(=O)O)c1cc2ccccc2o1. The maximum Gasteiger partial charge on any atom is 0.328 e. The molecule has 1 atom stereocenters. The second kappa shape index (κ2) is 6.52. The van der Waals surface area contributed by atoms with Crippen molar-refractivity contribution in [1.29, 1.82) is 0 Å². The van der Waals surface area contributed by atoms with E-state index >= 15 is 0 Å². The summed E-state index contributed by atoms with van der Waals surface area (Å²) in [5.41, 5.74) is 3.54. The van der Waals surface area contributed by atoms with Crippen LogP contribution in [0.4, 0.5) is 0 Å². The standard InChI is InChI=1S/C17H18N2O3S/c1-11-15(23-10-18-11)7-8-19(2)16(17(20)21)14-9-12-5-3-4-6-13(12)22-14/h3-6,9-10,16H,7-8H2,1-2H3,(H,20,21). The zero-order chi connectivity index (χ0) is 16.4. The summed E-state index contributed by atoms with van der Waals surface area (Å²) in [6.07, 6.45) is 0.775. The first-order valence-electron chi connectivity index (χ1n) is 7.36. The molecule has 5 nitrogen and oxygen atoms in total. The Hall–Kier alpha value is -2.18. The first-order chi connectivity index (χ1) is 11.1. The average molecular weight is 330 g/mol. The highest BCUT2D eigenvalue weighted by atomic mass is 32.1. The molecule has 0 aliphatic heterocycles. The van der Waals surface area contributed by atoms with Crippen molar-refractivity contribution in [3.8, 4) is 0 Å². The number of hydrogen-bond donors (Lipinski definition) is 1. The smallest absolute Gasteiger partial charge is 0.328 e. The number of rotatable bonds is 6. The fraction of sp³-hybridized carbons (Fsp3) is 0.294. The highest BCUT2D eigenvalue weighted by Gasteiger charge is 2.28. The monoisotopic (exact) mass is 330 g/mol. The van der Waals surface area contributed by atoms with E-state index in [0.29, 0.717) is 17.9 Å². The van der Waals surface area contributed by atoms with Crippen LogP contribution in [0.3, 0.4) is 0 Å². The molecule has 2 aromatic heterocycles. The normalized spacial score (nSPS) is 12.8. The zero-order valence-corrected chi connectivity index (χ0v) is 13.8. The number of furan rings is 1. The average Bonchev–Trinajstić information content (AvgIpc) is 3.10. The number of benzene rings is 1. The molecule has 0 amide bonds. The number of likely N-dealkylation sites (N-methyl/N-ethyl adjacent to an activating group) is 1. The van der Waals surface area contributed by atoms with Crippen molar-refractivity contribution in [1.82, 2.24) is 9.88 Å². The Bertz CT molecular complexity index is 791. The second-order valence-corrected chi connectivity index (χ2v) is 6.46. The fourth-order valence-corrected chi connectivity index (χ4v) is 3.41. The summed E-state index contributed by atoms with van der Waals surface area (Å²) in [7, 11) is 1.81. The van der Waals surface area contributed by atoms with Crippen molar-refractivity contribution >= 4 is 28.3 Å². The summed E-state index contributed by atoms with van der Waals surface area (Å²) in [6.45, 7) is 2.59. The minimum atomic E-state index is -0.910. The van der Waals surface area contributed by atoms with Gasteiger partial charge in [0.15, 0.2) is 6.04 Å². The number of aliphatic carboxylic acids is 1. The van der Waals surface area contributed by atoms with Crippen LogP contribution >= 0.6 is 11.3 Å². The van der Waals surface area contributed by atoms with Gasteiger partial charge in [-0.15, -0.1) is 11.3 Å². The van der Waals surface area contributed by atoms with E-state index in [9.17, 15) is 9.90 Å². The van der Waals surface area contributed by atoms with Gasteiger partial charge < -0.3 is 9.52 Å². The molecule has 0 radical (unpaired) electrons. The fourth-order valence-electron chi connectivity index (χ4n) is 2.64.